The van der Waals surface area contributed by atoms with Crippen molar-refractivity contribution in [2.24, 2.45) is 4.99 Å². The molecule has 26 heavy (non-hydrogen) atoms. The summed E-state index contributed by atoms with van der Waals surface area (Å²) in [4.78, 5) is 13.7. The van der Waals surface area contributed by atoms with Gasteiger partial charge in [-0.1, -0.05) is 37.3 Å². The van der Waals surface area contributed by atoms with Crippen molar-refractivity contribution in [2.45, 2.75) is 26.2 Å². The van der Waals surface area contributed by atoms with Crippen molar-refractivity contribution >= 4 is 22.6 Å². The zero-order valence-electron chi connectivity index (χ0n) is 15.7. The van der Waals surface area contributed by atoms with Crippen LogP contribution in [-0.2, 0) is 12.8 Å². The maximum absolute atomic E-state index is 4.60. The lowest BCUT2D eigenvalue weighted by Crippen LogP contribution is -2.52. The van der Waals surface area contributed by atoms with Crippen LogP contribution in [0.4, 0.5) is 5.13 Å². The Labute approximate surface area is 160 Å². The SMILES string of the molecule is CCc1nsc(N2CCN(C(=NC)NCCCc3ccccc3)CC2)n1. The predicted molar refractivity (Wildman–Crippen MR) is 109 cm³/mol. The van der Waals surface area contributed by atoms with E-state index in [1.807, 2.05) is 7.05 Å². The van der Waals surface area contributed by atoms with Gasteiger partial charge in [-0.25, -0.2) is 4.98 Å². The highest BCUT2D eigenvalue weighted by Gasteiger charge is 2.21. The van der Waals surface area contributed by atoms with E-state index in [0.29, 0.717) is 0 Å². The van der Waals surface area contributed by atoms with E-state index in [2.05, 4.69) is 66.7 Å². The molecular formula is C19H28N6S. The molecule has 0 unspecified atom stereocenters. The summed E-state index contributed by atoms with van der Waals surface area (Å²) in [6.07, 6.45) is 3.10. The summed E-state index contributed by atoms with van der Waals surface area (Å²) in [5.74, 6) is 1.95. The molecule has 0 spiro atoms. The zero-order valence-corrected chi connectivity index (χ0v) is 16.5. The Morgan fingerprint density at radius 3 is 2.62 bits per heavy atom. The number of aliphatic imine (C=N–C) groups is 1. The van der Waals surface area contributed by atoms with Gasteiger partial charge in [0.25, 0.3) is 0 Å². The van der Waals surface area contributed by atoms with E-state index >= 15 is 0 Å². The van der Waals surface area contributed by atoms with Crippen LogP contribution in [0.5, 0.6) is 0 Å². The van der Waals surface area contributed by atoms with Gasteiger partial charge in [0.2, 0.25) is 5.13 Å². The topological polar surface area (TPSA) is 56.7 Å². The molecule has 1 fully saturated rings. The van der Waals surface area contributed by atoms with Gasteiger partial charge in [-0.2, -0.15) is 4.37 Å². The Morgan fingerprint density at radius 1 is 1.19 bits per heavy atom. The minimum Gasteiger partial charge on any atom is -0.356 e. The van der Waals surface area contributed by atoms with Gasteiger partial charge in [0.1, 0.15) is 5.82 Å². The molecule has 1 aliphatic heterocycles. The summed E-state index contributed by atoms with van der Waals surface area (Å²) >= 11 is 1.51. The second-order valence-corrected chi connectivity index (χ2v) is 7.11. The van der Waals surface area contributed by atoms with Crippen LogP contribution < -0.4 is 10.2 Å². The van der Waals surface area contributed by atoms with Gasteiger partial charge in [0.05, 0.1) is 0 Å². The van der Waals surface area contributed by atoms with E-state index in [0.717, 1.165) is 68.9 Å². The molecule has 0 aliphatic carbocycles. The molecule has 1 aromatic carbocycles. The lowest BCUT2D eigenvalue weighted by molar-refractivity contribution is 0.372. The Bertz CT molecular complexity index is 691. The molecule has 0 amide bonds. The summed E-state index contributed by atoms with van der Waals surface area (Å²) in [5, 5.41) is 4.56. The maximum Gasteiger partial charge on any atom is 0.205 e. The molecule has 0 saturated carbocycles. The second kappa shape index (κ2) is 9.52. The van der Waals surface area contributed by atoms with Crippen LogP contribution in [0.2, 0.25) is 0 Å². The Kier molecular flexibility index (Phi) is 6.82. The fourth-order valence-corrected chi connectivity index (χ4v) is 3.90. The number of benzene rings is 1. The smallest absolute Gasteiger partial charge is 0.205 e. The highest BCUT2D eigenvalue weighted by Crippen LogP contribution is 2.19. The fraction of sp³-hybridized carbons (Fsp3) is 0.526. The molecule has 1 aliphatic rings. The van der Waals surface area contributed by atoms with Crippen LogP contribution in [-0.4, -0.2) is 60.0 Å². The number of hydrogen-bond donors (Lipinski definition) is 1. The van der Waals surface area contributed by atoms with Crippen LogP contribution >= 0.6 is 11.5 Å². The van der Waals surface area contributed by atoms with E-state index in [1.54, 1.807) is 0 Å². The van der Waals surface area contributed by atoms with Gasteiger partial charge in [0.15, 0.2) is 5.96 Å². The van der Waals surface area contributed by atoms with Gasteiger partial charge in [0, 0.05) is 57.7 Å². The standard InChI is InChI=1S/C19H28N6S/c1-3-17-22-19(26-23-17)25-14-12-24(13-15-25)18(20-2)21-11-7-10-16-8-5-4-6-9-16/h4-6,8-9H,3,7,10-15H2,1-2H3,(H,20,21). The van der Waals surface area contributed by atoms with Crippen LogP contribution in [0, 0.1) is 0 Å². The lowest BCUT2D eigenvalue weighted by Gasteiger charge is -2.36. The van der Waals surface area contributed by atoms with Crippen molar-refractivity contribution in [2.75, 3.05) is 44.7 Å². The lowest BCUT2D eigenvalue weighted by atomic mass is 10.1. The molecule has 3 rings (SSSR count). The molecule has 0 atom stereocenters. The summed E-state index contributed by atoms with van der Waals surface area (Å²) in [7, 11) is 1.87. The van der Waals surface area contributed by atoms with Crippen LogP contribution in [0.25, 0.3) is 0 Å². The largest absolute Gasteiger partial charge is 0.356 e. The molecule has 2 aromatic rings. The Hall–Kier alpha value is -2.15. The minimum atomic E-state index is 0.899. The summed E-state index contributed by atoms with van der Waals surface area (Å²) in [5.41, 5.74) is 1.39. The molecule has 1 aromatic heterocycles. The van der Waals surface area contributed by atoms with E-state index in [-0.39, 0.29) is 0 Å². The molecule has 0 bridgehead atoms. The van der Waals surface area contributed by atoms with Crippen molar-refractivity contribution in [3.63, 3.8) is 0 Å². The number of nitrogens with zero attached hydrogens (tertiary/aromatic N) is 5. The second-order valence-electron chi connectivity index (χ2n) is 6.38. The maximum atomic E-state index is 4.60. The normalized spacial score (nSPS) is 15.4. The number of anilines is 1. The quantitative estimate of drug-likeness (QED) is 0.479. The molecule has 7 heteroatoms. The first-order chi connectivity index (χ1) is 12.8. The van der Waals surface area contributed by atoms with Crippen LogP contribution in [0.15, 0.2) is 35.3 Å². The zero-order chi connectivity index (χ0) is 18.2. The number of rotatable bonds is 6. The van der Waals surface area contributed by atoms with Gasteiger partial charge in [-0.15, -0.1) is 0 Å². The van der Waals surface area contributed by atoms with Crippen LogP contribution in [0.1, 0.15) is 24.7 Å². The van der Waals surface area contributed by atoms with Crippen molar-refractivity contribution in [1.82, 2.24) is 19.6 Å². The summed E-state index contributed by atoms with van der Waals surface area (Å²) < 4.78 is 4.39. The Balaban J connectivity index is 1.42. The minimum absolute atomic E-state index is 0.899. The first kappa shape index (κ1) is 18.6. The molecular weight excluding hydrogens is 344 g/mol. The highest BCUT2D eigenvalue weighted by atomic mass is 32.1. The van der Waals surface area contributed by atoms with E-state index in [4.69, 9.17) is 0 Å². The first-order valence-corrected chi connectivity index (χ1v) is 10.1. The molecule has 1 saturated heterocycles. The van der Waals surface area contributed by atoms with E-state index in [9.17, 15) is 0 Å². The van der Waals surface area contributed by atoms with Gasteiger partial charge in [-0.05, 0) is 18.4 Å². The number of piperazine rings is 1. The predicted octanol–water partition coefficient (Wildman–Crippen LogP) is 2.43. The van der Waals surface area contributed by atoms with Crippen LogP contribution in [0.3, 0.4) is 0 Å². The number of aromatic nitrogens is 2. The fourth-order valence-electron chi connectivity index (χ4n) is 3.10. The first-order valence-electron chi connectivity index (χ1n) is 9.37. The average Bonchev–Trinajstić information content (AvgIpc) is 3.18. The third kappa shape index (κ3) is 4.94. The van der Waals surface area contributed by atoms with Gasteiger partial charge >= 0.3 is 0 Å². The van der Waals surface area contributed by atoms with Gasteiger partial charge < -0.3 is 15.1 Å². The van der Waals surface area contributed by atoms with Crippen molar-refractivity contribution in [1.29, 1.82) is 0 Å². The molecule has 1 N–H and O–H groups in total. The monoisotopic (exact) mass is 372 g/mol. The number of hydrogen-bond acceptors (Lipinski definition) is 5. The van der Waals surface area contributed by atoms with Crippen molar-refractivity contribution < 1.29 is 0 Å². The molecule has 140 valence electrons. The number of guanidine groups is 1. The van der Waals surface area contributed by atoms with E-state index in [1.165, 1.54) is 17.1 Å². The highest BCUT2D eigenvalue weighted by molar-refractivity contribution is 7.09. The average molecular weight is 373 g/mol. The Morgan fingerprint density at radius 2 is 1.96 bits per heavy atom. The van der Waals surface area contributed by atoms with Crippen molar-refractivity contribution in [3.8, 4) is 0 Å². The van der Waals surface area contributed by atoms with Crippen molar-refractivity contribution in [3.05, 3.63) is 41.7 Å². The molecule has 6 nitrogen and oxygen atoms in total. The molecule has 0 radical (unpaired) electrons. The van der Waals surface area contributed by atoms with Gasteiger partial charge in [-0.3, -0.25) is 4.99 Å². The number of aryl methyl sites for hydroxylation is 2. The third-order valence-corrected chi connectivity index (χ3v) is 5.42. The number of nitrogens with one attached hydrogen (secondary N) is 1. The van der Waals surface area contributed by atoms with E-state index < -0.39 is 0 Å². The molecule has 2 heterocycles. The summed E-state index contributed by atoms with van der Waals surface area (Å²) in [6.45, 7) is 6.88. The summed E-state index contributed by atoms with van der Waals surface area (Å²) in [6, 6.07) is 10.6. The third-order valence-electron chi connectivity index (χ3n) is 4.60.